The Morgan fingerprint density at radius 2 is 0.902 bits per heavy atom. The maximum absolute atomic E-state index is 14.0. The number of rotatable bonds is 13. The number of halogens is 3. The van der Waals surface area contributed by atoms with Crippen molar-refractivity contribution in [3.05, 3.63) is 174 Å². The van der Waals surface area contributed by atoms with Crippen molar-refractivity contribution in [2.45, 2.75) is 220 Å². The summed E-state index contributed by atoms with van der Waals surface area (Å²) in [4.78, 5) is 104. The molecule has 558 valence electrons. The average Bonchev–Trinajstić information content (AvgIpc) is 0.787. The molecule has 12 atom stereocenters. The average molecular weight is 1630 g/mol. The van der Waals surface area contributed by atoms with Gasteiger partial charge in [-0.25, -0.2) is 14.0 Å². The normalized spacial score (nSPS) is 28.5. The van der Waals surface area contributed by atoms with E-state index in [1.165, 1.54) is 76.1 Å². The molecule has 2 aromatic rings. The minimum atomic E-state index is -2.29. The molecule has 0 saturated heterocycles. The van der Waals surface area contributed by atoms with Gasteiger partial charge >= 0.3 is 141 Å². The number of allylic oxidation sites excluding steroid dienone is 10. The van der Waals surface area contributed by atoms with E-state index in [9.17, 15) is 57.4 Å². The molecule has 0 radical (unpaired) electrons. The van der Waals surface area contributed by atoms with Crippen molar-refractivity contribution in [2.24, 2.45) is 58.8 Å². The molecule has 0 aromatic heterocycles. The van der Waals surface area contributed by atoms with Crippen LogP contribution in [-0.2, 0) is 38.2 Å². The molecule has 8 N–H and O–H groups in total. The Bertz CT molecular complexity index is 3650. The third kappa shape index (κ3) is 25.0. The Labute approximate surface area is 622 Å². The van der Waals surface area contributed by atoms with Gasteiger partial charge in [0, 0.05) is 57.1 Å². The summed E-state index contributed by atoms with van der Waals surface area (Å²) in [7, 11) is 0. The van der Waals surface area contributed by atoms with Crippen molar-refractivity contribution < 1.29 is 66.8 Å². The molecule has 102 heavy (non-hydrogen) atoms. The molecule has 2 aliphatic carbocycles. The van der Waals surface area contributed by atoms with Crippen LogP contribution in [0.15, 0.2) is 157 Å². The number of Topliss-reactive ketones (excluding diaryl/α,β-unsaturated/α-hetero) is 4. The van der Waals surface area contributed by atoms with Crippen molar-refractivity contribution in [1.82, 2.24) is 10.6 Å². The second kappa shape index (κ2) is 41.7. The van der Waals surface area contributed by atoms with Gasteiger partial charge in [0.1, 0.15) is 29.4 Å². The molecule has 2 aromatic carbocycles. The summed E-state index contributed by atoms with van der Waals surface area (Å²) >= 11 is -0.483. The molecule has 4 aliphatic rings. The van der Waals surface area contributed by atoms with Crippen molar-refractivity contribution in [2.75, 3.05) is 0 Å². The first-order valence-electron chi connectivity index (χ1n) is 36.2. The van der Waals surface area contributed by atoms with E-state index >= 15 is 0 Å². The predicted octanol–water partition coefficient (Wildman–Crippen LogP) is 16.4. The molecule has 2 heterocycles. The van der Waals surface area contributed by atoms with Gasteiger partial charge in [0.2, 0.25) is 11.6 Å². The molecule has 6 rings (SSSR count). The monoisotopic (exact) mass is 1630 g/mol. The Morgan fingerprint density at radius 3 is 1.28 bits per heavy atom. The molecule has 2 aliphatic heterocycles. The number of unbranched alkanes of at least 4 members (excludes halogenated alkanes) is 3. The molecular formula is C82H113F2IN4O12Sn. The van der Waals surface area contributed by atoms with Gasteiger partial charge in [-0.3, -0.25) is 28.8 Å². The molecule has 4 amide bonds. The molecule has 0 unspecified atom stereocenters. The van der Waals surface area contributed by atoms with Crippen LogP contribution in [0.25, 0.3) is 5.57 Å². The summed E-state index contributed by atoms with van der Waals surface area (Å²) in [6, 6.07) is 12.8. The number of ketones is 4. The predicted molar refractivity (Wildman–Crippen MR) is 413 cm³/mol. The van der Waals surface area contributed by atoms with Gasteiger partial charge in [0.05, 0.1) is 21.4 Å². The summed E-state index contributed by atoms with van der Waals surface area (Å²) < 4.78 is 43.9. The van der Waals surface area contributed by atoms with Gasteiger partial charge < -0.3 is 41.8 Å². The van der Waals surface area contributed by atoms with Gasteiger partial charge in [0.15, 0.2) is 11.6 Å². The zero-order chi connectivity index (χ0) is 76.6. The number of aliphatic hydroxyl groups is 2. The van der Waals surface area contributed by atoms with Crippen molar-refractivity contribution in [3.8, 4) is 0 Å². The fourth-order valence-corrected chi connectivity index (χ4v) is 30.9. The Kier molecular flexibility index (Phi) is 35.9. The summed E-state index contributed by atoms with van der Waals surface area (Å²) in [5.74, 6) is -4.73. The molecular weight excluding hydrogens is 1520 g/mol. The van der Waals surface area contributed by atoms with Gasteiger partial charge in [-0.15, -0.1) is 0 Å². The number of primary amides is 2. The van der Waals surface area contributed by atoms with Crippen LogP contribution in [0.3, 0.4) is 0 Å². The molecule has 0 spiro atoms. The number of ether oxygens (including phenoxy) is 2. The standard InChI is InChI=1S/C35H43FN2O6.C29H39IN2O6.C6H4F.3C4H9.Sn/c1-18-15-21(4)30(39)22(5)17-23(6)33(44-35(37)43)19(2)9-8-10-20(3)34(42)38-29-28(25-11-13-26(36)14-12-25)31(40)24(7)27(16-18)32(29)41;1-14-11-17(4)24(33)18(5)13-19(6)27(38-29(31)37)15(2)9-8-10-16(3)28(36)32-23-22(30)25(34)20(7)21(12-14)26(23)35;7-6-4-2-1-3-5-6;3*1-3-4-2;/h8-14,17-19,21-22,30,33,39H,15-16H2,1-7H3,(H2,37,43)(H,38,42);8-10,13-15,17-18,24,27,33H,11-12H2,1-7H3,(H2,31,37)(H,32,36);2-5H;3*1,3-4H2,2H3;/b9-8-,20-10+,23-17+;9-8-,16-10+,19-13+;;;;;/t18-,19-,21-,22-,30-,33+;14-,15-,17-,18-,24-,27+;;;;;/m00...../s1. The molecule has 20 heteroatoms. The third-order valence-corrected chi connectivity index (χ3v) is 36.8. The first-order valence-corrected chi connectivity index (χ1v) is 44.7. The quantitative estimate of drug-likeness (QED) is 0.0473. The summed E-state index contributed by atoms with van der Waals surface area (Å²) in [5, 5.41) is 27.6. The van der Waals surface area contributed by atoms with Gasteiger partial charge in [-0.05, 0) is 142 Å². The van der Waals surface area contributed by atoms with Crippen molar-refractivity contribution >= 4 is 97.3 Å². The van der Waals surface area contributed by atoms with Crippen LogP contribution in [-0.4, -0.2) is 100 Å². The number of benzene rings is 2. The fraction of sp³-hybridized carbons (Fsp3) is 0.512. The zero-order valence-electron chi connectivity index (χ0n) is 63.1. The van der Waals surface area contributed by atoms with Crippen molar-refractivity contribution in [1.29, 1.82) is 0 Å². The van der Waals surface area contributed by atoms with Crippen molar-refractivity contribution in [3.63, 3.8) is 0 Å². The van der Waals surface area contributed by atoms with E-state index in [0.29, 0.717) is 47.1 Å². The van der Waals surface area contributed by atoms with Crippen LogP contribution < -0.4 is 25.7 Å². The van der Waals surface area contributed by atoms with Crippen LogP contribution in [0.1, 0.15) is 187 Å². The summed E-state index contributed by atoms with van der Waals surface area (Å²) in [6.07, 6.45) is 18.9. The van der Waals surface area contributed by atoms with E-state index in [-0.39, 0.29) is 103 Å². The van der Waals surface area contributed by atoms with E-state index in [4.69, 9.17) is 20.9 Å². The Balaban J connectivity index is 0.000000346. The second-order valence-electron chi connectivity index (χ2n) is 28.9. The number of hydrogen-bond donors (Lipinski definition) is 6. The number of amides is 4. The first kappa shape index (κ1) is 87.7. The third-order valence-electron chi connectivity index (χ3n) is 20.1. The number of carbonyl (C=O) groups excluding carboxylic acids is 8. The maximum atomic E-state index is 14.0. The topological polar surface area (TPSA) is 272 Å². The van der Waals surface area contributed by atoms with E-state index in [2.05, 4.69) is 43.5 Å². The van der Waals surface area contributed by atoms with Gasteiger partial charge in [-0.1, -0.05) is 116 Å². The van der Waals surface area contributed by atoms with Gasteiger partial charge in [0.25, 0.3) is 11.8 Å². The fourth-order valence-electron chi connectivity index (χ4n) is 14.2. The van der Waals surface area contributed by atoms with E-state index in [1.807, 2.05) is 104 Å². The number of fused-ring (bicyclic) bond motifs is 4. The Morgan fingerprint density at radius 1 is 0.539 bits per heavy atom. The Hall–Kier alpha value is -6.69. The molecule has 4 bridgehead atoms. The number of nitrogens with two attached hydrogens (primary N) is 2. The second-order valence-corrected chi connectivity index (χ2v) is 43.3. The van der Waals surface area contributed by atoms with E-state index in [0.717, 1.165) is 11.1 Å². The summed E-state index contributed by atoms with van der Waals surface area (Å²) in [6.45, 7) is 32.2. The molecule has 0 saturated carbocycles. The minimum absolute atomic E-state index is 0.00529. The van der Waals surface area contributed by atoms with E-state index < -0.39 is 84.2 Å². The number of nitrogens with one attached hydrogen (secondary N) is 2. The summed E-state index contributed by atoms with van der Waals surface area (Å²) in [5.41, 5.74) is 14.3. The van der Waals surface area contributed by atoms with Crippen LogP contribution >= 0.6 is 22.6 Å². The SMILES string of the molecule is CC1=C2C[C@@H](C)C[C@H](C)[C@H](O)[C@@H](C)/C=C(\C)[C@H](OC(N)=O)[C@@H](C)/C=C\C=C(/C)C(=O)NC(=C(I)C1=O)C2=O.CC1=C2C[C@@H](C)C[C@H](C)[C@H](O)[C@@H](C)/C=C(\C)[C@H](OC(N)=O)[C@@H](C)/C=C\C=C(/C)C(=O)NC(=C(c3ccc(F)cc3)C1=O)C2=O.CCC[CH2][Sn]([CH2]CCC)([CH2]CCC)[c]1ccc(F)cc1. The van der Waals surface area contributed by atoms with Crippen LogP contribution in [0.2, 0.25) is 13.3 Å². The van der Waals surface area contributed by atoms with E-state index in [1.54, 1.807) is 79.9 Å². The zero-order valence-corrected chi connectivity index (χ0v) is 68.1. The van der Waals surface area contributed by atoms with Crippen LogP contribution in [0, 0.1) is 59.0 Å². The van der Waals surface area contributed by atoms with Gasteiger partial charge in [-0.2, -0.15) is 0 Å². The number of hydrogen-bond acceptors (Lipinski definition) is 12. The first-order chi connectivity index (χ1) is 47.9. The molecule has 16 nitrogen and oxygen atoms in total. The molecule has 0 fully saturated rings. The van der Waals surface area contributed by atoms with Crippen LogP contribution in [0.5, 0.6) is 0 Å². The number of carbonyl (C=O) groups is 8. The number of aliphatic hydroxyl groups excluding tert-OH is 2. The van der Waals surface area contributed by atoms with Crippen LogP contribution in [0.4, 0.5) is 18.4 Å².